The number of nitrogens with one attached hydrogen (secondary N) is 3. The fourth-order valence-corrected chi connectivity index (χ4v) is 3.33. The Morgan fingerprint density at radius 3 is 2.84 bits per heavy atom. The Morgan fingerprint density at radius 1 is 1.20 bits per heavy atom. The van der Waals surface area contributed by atoms with E-state index in [4.69, 9.17) is 17.0 Å². The molecule has 25 heavy (non-hydrogen) atoms. The van der Waals surface area contributed by atoms with Gasteiger partial charge in [-0.1, -0.05) is 42.5 Å². The largest absolute Gasteiger partial charge is 0.365 e. The molecular formula is C20H26N3OS+. The monoisotopic (exact) mass is 356 g/mol. The summed E-state index contributed by atoms with van der Waals surface area (Å²) in [6.07, 6.45) is 0.185. The first-order chi connectivity index (χ1) is 12.2. The Kier molecular flexibility index (Phi) is 6.39. The number of aryl methyl sites for hydroxylation is 1. The quantitative estimate of drug-likeness (QED) is 0.714. The number of hydrogen-bond donors (Lipinski definition) is 3. The lowest BCUT2D eigenvalue weighted by molar-refractivity contribution is -0.925. The molecule has 3 rings (SSSR count). The average Bonchev–Trinajstić information content (AvgIpc) is 2.61. The summed E-state index contributed by atoms with van der Waals surface area (Å²) >= 11 is 5.40. The lowest BCUT2D eigenvalue weighted by Gasteiger charge is -2.30. The molecule has 1 aliphatic heterocycles. The molecule has 1 saturated heterocycles. The molecule has 132 valence electrons. The van der Waals surface area contributed by atoms with E-state index in [2.05, 4.69) is 60.0 Å². The van der Waals surface area contributed by atoms with Crippen LogP contribution in [-0.4, -0.2) is 37.5 Å². The second kappa shape index (κ2) is 8.94. The van der Waals surface area contributed by atoms with Gasteiger partial charge in [0, 0.05) is 17.8 Å². The number of quaternary nitrogens is 1. The highest BCUT2D eigenvalue weighted by molar-refractivity contribution is 7.80. The molecule has 4 nitrogen and oxygen atoms in total. The smallest absolute Gasteiger partial charge is 0.170 e. The molecular weight excluding hydrogens is 330 g/mol. The Morgan fingerprint density at radius 2 is 2.04 bits per heavy atom. The van der Waals surface area contributed by atoms with Gasteiger partial charge in [-0.25, -0.2) is 0 Å². The lowest BCUT2D eigenvalue weighted by Crippen LogP contribution is -3.13. The molecule has 0 aromatic heterocycles. The molecule has 0 amide bonds. The molecule has 1 unspecified atom stereocenters. The van der Waals surface area contributed by atoms with Gasteiger partial charge in [0.05, 0.1) is 6.61 Å². The number of benzene rings is 2. The van der Waals surface area contributed by atoms with Crippen LogP contribution in [0.2, 0.25) is 0 Å². The molecule has 0 bridgehead atoms. The third-order valence-electron chi connectivity index (χ3n) is 4.39. The topological polar surface area (TPSA) is 37.7 Å². The summed E-state index contributed by atoms with van der Waals surface area (Å²) in [7, 11) is 0. The van der Waals surface area contributed by atoms with Crippen LogP contribution in [0.4, 0.5) is 5.69 Å². The van der Waals surface area contributed by atoms with Crippen molar-refractivity contribution >= 4 is 23.0 Å². The van der Waals surface area contributed by atoms with Crippen molar-refractivity contribution in [2.75, 3.05) is 31.6 Å². The van der Waals surface area contributed by atoms with E-state index in [1.165, 1.54) is 11.1 Å². The van der Waals surface area contributed by atoms with E-state index in [1.54, 1.807) is 4.90 Å². The van der Waals surface area contributed by atoms with Crippen molar-refractivity contribution in [3.63, 3.8) is 0 Å². The van der Waals surface area contributed by atoms with E-state index in [9.17, 15) is 0 Å². The first-order valence-corrected chi connectivity index (χ1v) is 9.20. The van der Waals surface area contributed by atoms with Gasteiger partial charge in [0.15, 0.2) is 5.11 Å². The van der Waals surface area contributed by atoms with Crippen LogP contribution in [0.25, 0.3) is 0 Å². The SMILES string of the molecule is Cc1cccc(NC(=S)NC[C@@H]2C[NH+](Cc3ccccc3)CCO2)c1. The minimum Gasteiger partial charge on any atom is -0.365 e. The van der Waals surface area contributed by atoms with E-state index in [0.717, 1.165) is 38.5 Å². The first-order valence-electron chi connectivity index (χ1n) is 8.79. The van der Waals surface area contributed by atoms with Gasteiger partial charge in [-0.15, -0.1) is 0 Å². The summed E-state index contributed by atoms with van der Waals surface area (Å²) < 4.78 is 5.89. The molecule has 2 aromatic carbocycles. The molecule has 0 radical (unpaired) electrons. The highest BCUT2D eigenvalue weighted by atomic mass is 32.1. The van der Waals surface area contributed by atoms with Crippen LogP contribution in [0.15, 0.2) is 54.6 Å². The minimum atomic E-state index is 0.185. The summed E-state index contributed by atoms with van der Waals surface area (Å²) in [5.41, 5.74) is 3.60. The number of morpholine rings is 1. The van der Waals surface area contributed by atoms with Crippen LogP contribution >= 0.6 is 12.2 Å². The van der Waals surface area contributed by atoms with Gasteiger partial charge in [-0.2, -0.15) is 0 Å². The van der Waals surface area contributed by atoms with Crippen molar-refractivity contribution in [2.24, 2.45) is 0 Å². The number of rotatable bonds is 5. The zero-order valence-corrected chi connectivity index (χ0v) is 15.4. The summed E-state index contributed by atoms with van der Waals surface area (Å²) in [5, 5.41) is 7.16. The summed E-state index contributed by atoms with van der Waals surface area (Å²) in [4.78, 5) is 1.56. The zero-order valence-electron chi connectivity index (χ0n) is 14.6. The lowest BCUT2D eigenvalue weighted by atomic mass is 10.2. The molecule has 0 saturated carbocycles. The van der Waals surface area contributed by atoms with Gasteiger partial charge in [0.2, 0.25) is 0 Å². The predicted octanol–water partition coefficient (Wildman–Crippen LogP) is 1.77. The molecule has 3 N–H and O–H groups in total. The average molecular weight is 357 g/mol. The molecule has 5 heteroatoms. The van der Waals surface area contributed by atoms with Crippen molar-refractivity contribution in [3.8, 4) is 0 Å². The van der Waals surface area contributed by atoms with Crippen LogP contribution in [0.1, 0.15) is 11.1 Å². The molecule has 0 spiro atoms. The van der Waals surface area contributed by atoms with Gasteiger partial charge < -0.3 is 20.3 Å². The fraction of sp³-hybridized carbons (Fsp3) is 0.350. The highest BCUT2D eigenvalue weighted by Gasteiger charge is 2.23. The molecule has 2 aromatic rings. The van der Waals surface area contributed by atoms with Crippen molar-refractivity contribution in [1.82, 2.24) is 5.32 Å². The number of hydrogen-bond acceptors (Lipinski definition) is 2. The van der Waals surface area contributed by atoms with Crippen LogP contribution in [0.3, 0.4) is 0 Å². The Bertz CT molecular complexity index is 692. The second-order valence-corrected chi connectivity index (χ2v) is 6.97. The maximum atomic E-state index is 5.89. The Labute approximate surface area is 155 Å². The molecule has 2 atom stereocenters. The number of ether oxygens (including phenoxy) is 1. The van der Waals surface area contributed by atoms with E-state index >= 15 is 0 Å². The summed E-state index contributed by atoms with van der Waals surface area (Å²) in [5.74, 6) is 0. The second-order valence-electron chi connectivity index (χ2n) is 6.56. The van der Waals surface area contributed by atoms with Crippen LogP contribution < -0.4 is 15.5 Å². The number of thiocarbonyl (C=S) groups is 1. The standard InChI is InChI=1S/C20H25N3OS/c1-16-6-5-9-18(12-16)22-20(25)21-13-19-15-23(10-11-24-19)14-17-7-3-2-4-8-17/h2-9,12,19H,10-11,13-15H2,1H3,(H2,21,22,25)/p+1/t19-/m1/s1. The predicted molar refractivity (Wildman–Crippen MR) is 106 cm³/mol. The van der Waals surface area contributed by atoms with Crippen molar-refractivity contribution in [2.45, 2.75) is 19.6 Å². The van der Waals surface area contributed by atoms with Crippen molar-refractivity contribution < 1.29 is 9.64 Å². The molecule has 0 aliphatic carbocycles. The van der Waals surface area contributed by atoms with Gasteiger partial charge in [0.25, 0.3) is 0 Å². The Hall–Kier alpha value is -1.95. The third-order valence-corrected chi connectivity index (χ3v) is 4.64. The summed E-state index contributed by atoms with van der Waals surface area (Å²) in [6, 6.07) is 18.8. The first kappa shape index (κ1) is 17.9. The summed E-state index contributed by atoms with van der Waals surface area (Å²) in [6.45, 7) is 6.70. The molecule has 1 heterocycles. The number of anilines is 1. The van der Waals surface area contributed by atoms with E-state index in [-0.39, 0.29) is 6.10 Å². The van der Waals surface area contributed by atoms with Gasteiger partial charge in [-0.3, -0.25) is 0 Å². The molecule has 1 aliphatic rings. The molecule has 1 fully saturated rings. The third kappa shape index (κ3) is 5.81. The Balaban J connectivity index is 1.44. The van der Waals surface area contributed by atoms with Gasteiger partial charge in [0.1, 0.15) is 25.7 Å². The maximum absolute atomic E-state index is 5.89. The van der Waals surface area contributed by atoms with E-state index in [1.807, 2.05) is 12.1 Å². The van der Waals surface area contributed by atoms with Crippen LogP contribution in [0, 0.1) is 6.92 Å². The fourth-order valence-electron chi connectivity index (χ4n) is 3.13. The van der Waals surface area contributed by atoms with Crippen LogP contribution in [-0.2, 0) is 11.3 Å². The maximum Gasteiger partial charge on any atom is 0.170 e. The normalized spacial score (nSPS) is 20.0. The van der Waals surface area contributed by atoms with Gasteiger partial charge >= 0.3 is 0 Å². The van der Waals surface area contributed by atoms with Crippen molar-refractivity contribution in [3.05, 3.63) is 65.7 Å². The van der Waals surface area contributed by atoms with Crippen molar-refractivity contribution in [1.29, 1.82) is 0 Å². The van der Waals surface area contributed by atoms with E-state index in [0.29, 0.717) is 5.11 Å². The highest BCUT2D eigenvalue weighted by Crippen LogP contribution is 2.09. The van der Waals surface area contributed by atoms with Crippen LogP contribution in [0.5, 0.6) is 0 Å². The van der Waals surface area contributed by atoms with E-state index < -0.39 is 0 Å². The zero-order chi connectivity index (χ0) is 17.5. The minimum absolute atomic E-state index is 0.185. The van der Waals surface area contributed by atoms with Gasteiger partial charge in [-0.05, 0) is 36.8 Å².